The van der Waals surface area contributed by atoms with Gasteiger partial charge in [-0.2, -0.15) is 0 Å². The number of hydrogen-bond donors (Lipinski definition) is 2. The van der Waals surface area contributed by atoms with Crippen LogP contribution in [0.1, 0.15) is 5.56 Å². The van der Waals surface area contributed by atoms with Crippen molar-refractivity contribution < 1.29 is 9.84 Å². The molecule has 0 saturated heterocycles. The predicted octanol–water partition coefficient (Wildman–Crippen LogP) is 2.44. The quantitative estimate of drug-likeness (QED) is 0.781. The summed E-state index contributed by atoms with van der Waals surface area (Å²) in [5.74, 6) is 0.883. The zero-order valence-electron chi connectivity index (χ0n) is 11.1. The van der Waals surface area contributed by atoms with Gasteiger partial charge in [-0.3, -0.25) is 0 Å². The molecule has 19 heavy (non-hydrogen) atoms. The van der Waals surface area contributed by atoms with Gasteiger partial charge >= 0.3 is 0 Å². The number of para-hydroxylation sites is 1. The number of rotatable bonds is 6. The molecule has 0 aliphatic rings. The van der Waals surface area contributed by atoms with E-state index < -0.39 is 0 Å². The highest BCUT2D eigenvalue weighted by molar-refractivity contribution is 5.70. The van der Waals surface area contributed by atoms with Gasteiger partial charge in [-0.05, 0) is 17.2 Å². The predicted molar refractivity (Wildman–Crippen MR) is 77.2 cm³/mol. The molecule has 0 unspecified atom stereocenters. The Bertz CT molecular complexity index is 508. The van der Waals surface area contributed by atoms with E-state index in [-0.39, 0.29) is 6.61 Å². The van der Waals surface area contributed by atoms with Crippen LogP contribution in [0, 0.1) is 0 Å². The first-order valence-electron chi connectivity index (χ1n) is 6.39. The Morgan fingerprint density at radius 1 is 1.05 bits per heavy atom. The average Bonchev–Trinajstić information content (AvgIpc) is 2.48. The molecule has 0 atom stereocenters. The Morgan fingerprint density at radius 3 is 2.47 bits per heavy atom. The molecule has 0 bridgehead atoms. The Balaban J connectivity index is 2.13. The number of hydrogen-bond acceptors (Lipinski definition) is 3. The summed E-state index contributed by atoms with van der Waals surface area (Å²) in [6.45, 7) is 1.56. The second kappa shape index (κ2) is 6.92. The molecule has 0 heterocycles. The van der Waals surface area contributed by atoms with Crippen molar-refractivity contribution in [2.75, 3.05) is 20.3 Å². The van der Waals surface area contributed by atoms with Crippen molar-refractivity contribution >= 4 is 0 Å². The van der Waals surface area contributed by atoms with Crippen molar-refractivity contribution in [2.24, 2.45) is 0 Å². The Hall–Kier alpha value is -1.84. The van der Waals surface area contributed by atoms with Crippen LogP contribution in [0.5, 0.6) is 5.75 Å². The fraction of sp³-hybridized carbons (Fsp3) is 0.250. The second-order valence-corrected chi connectivity index (χ2v) is 4.30. The van der Waals surface area contributed by atoms with Crippen molar-refractivity contribution in [3.8, 4) is 16.9 Å². The zero-order valence-corrected chi connectivity index (χ0v) is 11.1. The van der Waals surface area contributed by atoms with Crippen LogP contribution >= 0.6 is 0 Å². The molecule has 3 nitrogen and oxygen atoms in total. The third-order valence-electron chi connectivity index (χ3n) is 2.99. The molecule has 0 fully saturated rings. The summed E-state index contributed by atoms with van der Waals surface area (Å²) in [6.07, 6.45) is 0. The van der Waals surface area contributed by atoms with Gasteiger partial charge in [0.15, 0.2) is 0 Å². The van der Waals surface area contributed by atoms with E-state index >= 15 is 0 Å². The lowest BCUT2D eigenvalue weighted by molar-refractivity contribution is 0.292. The van der Waals surface area contributed by atoms with Gasteiger partial charge in [-0.1, -0.05) is 42.5 Å². The maximum Gasteiger partial charge on any atom is 0.126 e. The van der Waals surface area contributed by atoms with Crippen LogP contribution in [0.15, 0.2) is 48.5 Å². The van der Waals surface area contributed by atoms with Crippen LogP contribution < -0.4 is 10.1 Å². The third-order valence-corrected chi connectivity index (χ3v) is 2.99. The fourth-order valence-electron chi connectivity index (χ4n) is 2.00. The normalized spacial score (nSPS) is 10.4. The van der Waals surface area contributed by atoms with Gasteiger partial charge in [0.2, 0.25) is 0 Å². The first kappa shape index (κ1) is 13.6. The van der Waals surface area contributed by atoms with Crippen LogP contribution in [-0.4, -0.2) is 25.4 Å². The Kier molecular flexibility index (Phi) is 4.95. The van der Waals surface area contributed by atoms with Crippen molar-refractivity contribution in [2.45, 2.75) is 6.54 Å². The van der Waals surface area contributed by atoms with Gasteiger partial charge in [0.25, 0.3) is 0 Å². The molecular weight excluding hydrogens is 238 g/mol. The fourth-order valence-corrected chi connectivity index (χ4v) is 2.00. The zero-order chi connectivity index (χ0) is 13.5. The molecule has 0 spiro atoms. The van der Waals surface area contributed by atoms with Gasteiger partial charge in [0.1, 0.15) is 5.75 Å². The smallest absolute Gasteiger partial charge is 0.126 e. The summed E-state index contributed by atoms with van der Waals surface area (Å²) < 4.78 is 5.37. The van der Waals surface area contributed by atoms with Gasteiger partial charge in [0.05, 0.1) is 13.7 Å². The highest BCUT2D eigenvalue weighted by Gasteiger charge is 2.04. The maximum atomic E-state index is 8.72. The minimum Gasteiger partial charge on any atom is -0.496 e. The van der Waals surface area contributed by atoms with Gasteiger partial charge < -0.3 is 15.2 Å². The molecule has 100 valence electrons. The van der Waals surface area contributed by atoms with Crippen LogP contribution in [0.3, 0.4) is 0 Å². The van der Waals surface area contributed by atoms with Crippen molar-refractivity contribution in [1.82, 2.24) is 5.32 Å². The van der Waals surface area contributed by atoms with Crippen LogP contribution in [0.4, 0.5) is 0 Å². The molecule has 2 aromatic carbocycles. The van der Waals surface area contributed by atoms with E-state index in [2.05, 4.69) is 35.6 Å². The summed E-state index contributed by atoms with van der Waals surface area (Å²) in [4.78, 5) is 0. The highest BCUT2D eigenvalue weighted by atomic mass is 16.5. The molecule has 0 aromatic heterocycles. The maximum absolute atomic E-state index is 8.72. The number of methoxy groups -OCH3 is 1. The molecule has 0 radical (unpaired) electrons. The minimum atomic E-state index is 0.166. The van der Waals surface area contributed by atoms with E-state index in [0.717, 1.165) is 23.4 Å². The van der Waals surface area contributed by atoms with E-state index in [9.17, 15) is 0 Å². The largest absolute Gasteiger partial charge is 0.496 e. The van der Waals surface area contributed by atoms with E-state index in [1.165, 1.54) is 5.56 Å². The minimum absolute atomic E-state index is 0.166. The number of nitrogens with one attached hydrogen (secondary N) is 1. The molecular formula is C16H19NO2. The van der Waals surface area contributed by atoms with Crippen molar-refractivity contribution in [3.05, 3.63) is 54.1 Å². The molecule has 3 heteroatoms. The van der Waals surface area contributed by atoms with Gasteiger partial charge in [-0.15, -0.1) is 0 Å². The van der Waals surface area contributed by atoms with Crippen LogP contribution in [0.2, 0.25) is 0 Å². The molecule has 0 aliphatic carbocycles. The summed E-state index contributed by atoms with van der Waals surface area (Å²) in [5.41, 5.74) is 3.44. The monoisotopic (exact) mass is 257 g/mol. The summed E-state index contributed by atoms with van der Waals surface area (Å²) in [6, 6.07) is 16.4. The highest BCUT2D eigenvalue weighted by Crippen LogP contribution is 2.29. The Morgan fingerprint density at radius 2 is 1.79 bits per heavy atom. The summed E-state index contributed by atoms with van der Waals surface area (Å²) in [5, 5.41) is 11.9. The second-order valence-electron chi connectivity index (χ2n) is 4.30. The molecule has 2 N–H and O–H groups in total. The van der Waals surface area contributed by atoms with Crippen LogP contribution in [-0.2, 0) is 6.54 Å². The molecule has 0 aliphatic heterocycles. The Labute approximate surface area is 113 Å². The van der Waals surface area contributed by atoms with Crippen LogP contribution in [0.25, 0.3) is 11.1 Å². The molecule has 0 amide bonds. The molecule has 0 saturated carbocycles. The van der Waals surface area contributed by atoms with E-state index in [1.807, 2.05) is 18.2 Å². The van der Waals surface area contributed by atoms with Gasteiger partial charge in [0, 0.05) is 18.7 Å². The number of aliphatic hydroxyl groups excluding tert-OH is 1. The SMILES string of the molecule is COc1ccccc1-c1ccc(CNCCO)cc1. The van der Waals surface area contributed by atoms with Crippen molar-refractivity contribution in [3.63, 3.8) is 0 Å². The lowest BCUT2D eigenvalue weighted by Gasteiger charge is -2.09. The average molecular weight is 257 g/mol. The first-order valence-corrected chi connectivity index (χ1v) is 6.39. The molecule has 2 rings (SSSR count). The molecule has 2 aromatic rings. The topological polar surface area (TPSA) is 41.5 Å². The van der Waals surface area contributed by atoms with E-state index in [4.69, 9.17) is 9.84 Å². The van der Waals surface area contributed by atoms with Crippen molar-refractivity contribution in [1.29, 1.82) is 0 Å². The van der Waals surface area contributed by atoms with E-state index in [0.29, 0.717) is 6.54 Å². The third kappa shape index (κ3) is 3.56. The first-order chi connectivity index (χ1) is 9.35. The number of aliphatic hydroxyl groups is 1. The lowest BCUT2D eigenvalue weighted by Crippen LogP contribution is -2.17. The lowest BCUT2D eigenvalue weighted by atomic mass is 10.0. The number of benzene rings is 2. The summed E-state index contributed by atoms with van der Waals surface area (Å²) in [7, 11) is 1.69. The summed E-state index contributed by atoms with van der Waals surface area (Å²) >= 11 is 0. The number of ether oxygens (including phenoxy) is 1. The standard InChI is InChI=1S/C16H19NO2/c1-19-16-5-3-2-4-15(16)14-8-6-13(7-9-14)12-17-10-11-18/h2-9,17-18H,10-12H2,1H3. The van der Waals surface area contributed by atoms with E-state index in [1.54, 1.807) is 7.11 Å². The van der Waals surface area contributed by atoms with Gasteiger partial charge in [-0.25, -0.2) is 0 Å².